The lowest BCUT2D eigenvalue weighted by atomic mass is 9.94. The van der Waals surface area contributed by atoms with Crippen LogP contribution in [0.2, 0.25) is 0 Å². The van der Waals surface area contributed by atoms with Gasteiger partial charge in [0.2, 0.25) is 5.91 Å². The van der Waals surface area contributed by atoms with Gasteiger partial charge in [-0.25, -0.2) is 9.79 Å². The molecule has 2 aliphatic heterocycles. The topological polar surface area (TPSA) is 111 Å². The van der Waals surface area contributed by atoms with Gasteiger partial charge in [-0.2, -0.15) is 0 Å². The highest BCUT2D eigenvalue weighted by Crippen LogP contribution is 2.44. The Labute approximate surface area is 201 Å². The average molecular weight is 480 g/mol. The second kappa shape index (κ2) is 10.1. The molecule has 2 atom stereocenters. The predicted molar refractivity (Wildman–Crippen MR) is 129 cm³/mol. The molecule has 2 amide bonds. The fourth-order valence-electron chi connectivity index (χ4n) is 3.87. The second-order valence-electron chi connectivity index (χ2n) is 7.90. The van der Waals surface area contributed by atoms with Crippen molar-refractivity contribution in [2.75, 3.05) is 6.61 Å². The Morgan fingerprint density at radius 1 is 1.12 bits per heavy atom. The van der Waals surface area contributed by atoms with Crippen molar-refractivity contribution in [1.82, 2.24) is 4.90 Å². The number of hydrogen-bond acceptors (Lipinski definition) is 7. The molecule has 2 heterocycles. The number of allylic oxidation sites excluding steroid dienone is 1. The molecule has 0 radical (unpaired) electrons. The molecule has 0 spiro atoms. The van der Waals surface area contributed by atoms with Crippen LogP contribution in [-0.4, -0.2) is 39.7 Å². The number of hydrogen-bond donors (Lipinski definition) is 1. The van der Waals surface area contributed by atoms with Crippen LogP contribution in [0.5, 0.6) is 5.75 Å². The Kier molecular flexibility index (Phi) is 7.02. The zero-order chi connectivity index (χ0) is 24.2. The van der Waals surface area contributed by atoms with Crippen molar-refractivity contribution in [3.63, 3.8) is 0 Å². The Balaban J connectivity index is 1.66. The van der Waals surface area contributed by atoms with Crippen molar-refractivity contribution in [1.29, 1.82) is 0 Å². The molecular formula is C25H25N3O5S. The number of nitrogens with zero attached hydrogens (tertiary/aromatic N) is 2. The Morgan fingerprint density at radius 3 is 2.47 bits per heavy atom. The van der Waals surface area contributed by atoms with Gasteiger partial charge in [-0.05, 0) is 36.6 Å². The van der Waals surface area contributed by atoms with E-state index in [2.05, 4.69) is 4.99 Å². The molecule has 2 unspecified atom stereocenters. The maximum absolute atomic E-state index is 13.3. The zero-order valence-corrected chi connectivity index (χ0v) is 19.7. The van der Waals surface area contributed by atoms with Gasteiger partial charge in [0.15, 0.2) is 11.8 Å². The molecule has 0 bridgehead atoms. The molecule has 2 aromatic rings. The monoisotopic (exact) mass is 479 g/mol. The number of thioether (sulfide) groups is 1. The standard InChI is InChI=1S/C25H25N3O5S/c1-3-19-23(30)28-22(17-9-11-18(12-10-17)32-14-20(26)29)21(15(2)27-25(28)34-19)24(31)33-13-16-7-5-4-6-8-16/h4-12,19,22H,3,13-14H2,1-2H3,(H2,26,29). The van der Waals surface area contributed by atoms with Gasteiger partial charge in [-0.15, -0.1) is 0 Å². The van der Waals surface area contributed by atoms with Gasteiger partial charge in [-0.1, -0.05) is 61.2 Å². The molecule has 0 aliphatic carbocycles. The van der Waals surface area contributed by atoms with Gasteiger partial charge in [0.25, 0.3) is 5.91 Å². The number of nitrogens with two attached hydrogens (primary N) is 1. The first kappa shape index (κ1) is 23.6. The summed E-state index contributed by atoms with van der Waals surface area (Å²) in [5.41, 5.74) is 7.54. The Morgan fingerprint density at radius 2 is 1.82 bits per heavy atom. The molecule has 2 aliphatic rings. The minimum atomic E-state index is -0.683. The SMILES string of the molecule is CCC1SC2=NC(C)=C(C(=O)OCc3ccccc3)C(c3ccc(OCC(N)=O)cc3)N2C1=O. The molecule has 0 saturated carbocycles. The van der Waals surface area contributed by atoms with E-state index in [9.17, 15) is 14.4 Å². The first-order valence-electron chi connectivity index (χ1n) is 10.9. The number of ether oxygens (including phenoxy) is 2. The fraction of sp³-hybridized carbons (Fsp3) is 0.280. The largest absolute Gasteiger partial charge is 0.484 e. The van der Waals surface area contributed by atoms with Crippen molar-refractivity contribution in [3.8, 4) is 5.75 Å². The average Bonchev–Trinajstić information content (AvgIpc) is 3.16. The third kappa shape index (κ3) is 4.84. The molecular weight excluding hydrogens is 454 g/mol. The van der Waals surface area contributed by atoms with E-state index in [0.29, 0.717) is 34.2 Å². The number of amides is 2. The lowest BCUT2D eigenvalue weighted by Crippen LogP contribution is -2.40. The van der Waals surface area contributed by atoms with Gasteiger partial charge in [-0.3, -0.25) is 14.5 Å². The second-order valence-corrected chi connectivity index (χ2v) is 9.07. The van der Waals surface area contributed by atoms with Crippen molar-refractivity contribution in [2.45, 2.75) is 38.2 Å². The molecule has 176 valence electrons. The highest BCUT2D eigenvalue weighted by atomic mass is 32.2. The summed E-state index contributed by atoms with van der Waals surface area (Å²) < 4.78 is 11.0. The number of amidine groups is 1. The van der Waals surface area contributed by atoms with Crippen LogP contribution in [0.15, 0.2) is 70.9 Å². The van der Waals surface area contributed by atoms with Crippen molar-refractivity contribution in [3.05, 3.63) is 77.0 Å². The number of carbonyl (C=O) groups excluding carboxylic acids is 3. The molecule has 1 fully saturated rings. The van der Waals surface area contributed by atoms with E-state index >= 15 is 0 Å². The van der Waals surface area contributed by atoms with E-state index in [0.717, 1.165) is 5.56 Å². The first-order chi connectivity index (χ1) is 16.4. The highest BCUT2D eigenvalue weighted by molar-refractivity contribution is 8.15. The van der Waals surface area contributed by atoms with Crippen molar-refractivity contribution >= 4 is 34.7 Å². The fourth-order valence-corrected chi connectivity index (χ4v) is 5.00. The number of rotatable bonds is 8. The van der Waals surface area contributed by atoms with Gasteiger partial charge >= 0.3 is 5.97 Å². The van der Waals surface area contributed by atoms with E-state index in [1.807, 2.05) is 37.3 Å². The summed E-state index contributed by atoms with van der Waals surface area (Å²) in [5.74, 6) is -0.744. The number of fused-ring (bicyclic) bond motifs is 1. The molecule has 9 heteroatoms. The summed E-state index contributed by atoms with van der Waals surface area (Å²) >= 11 is 1.41. The normalized spacial score (nSPS) is 19.5. The Bertz CT molecular complexity index is 1160. The van der Waals surface area contributed by atoms with Crippen LogP contribution < -0.4 is 10.5 Å². The highest BCUT2D eigenvalue weighted by Gasteiger charge is 2.47. The number of benzene rings is 2. The lowest BCUT2D eigenvalue weighted by Gasteiger charge is -2.33. The van der Waals surface area contributed by atoms with Crippen LogP contribution >= 0.6 is 11.8 Å². The van der Waals surface area contributed by atoms with Crippen LogP contribution in [-0.2, 0) is 25.7 Å². The van der Waals surface area contributed by atoms with Gasteiger partial charge in [0, 0.05) is 0 Å². The summed E-state index contributed by atoms with van der Waals surface area (Å²) in [6.45, 7) is 3.57. The van der Waals surface area contributed by atoms with E-state index in [1.165, 1.54) is 11.8 Å². The summed E-state index contributed by atoms with van der Waals surface area (Å²) in [6.07, 6.45) is 0.651. The van der Waals surface area contributed by atoms with Crippen LogP contribution in [0, 0.1) is 0 Å². The van der Waals surface area contributed by atoms with Crippen molar-refractivity contribution in [2.24, 2.45) is 10.7 Å². The number of primary amides is 1. The zero-order valence-electron chi connectivity index (χ0n) is 18.9. The molecule has 34 heavy (non-hydrogen) atoms. The molecule has 0 aromatic heterocycles. The summed E-state index contributed by atoms with van der Waals surface area (Å²) in [7, 11) is 0. The van der Waals surface area contributed by atoms with Gasteiger partial charge in [0.05, 0.1) is 22.6 Å². The van der Waals surface area contributed by atoms with Crippen LogP contribution in [0.25, 0.3) is 0 Å². The molecule has 1 saturated heterocycles. The minimum Gasteiger partial charge on any atom is -0.484 e. The van der Waals surface area contributed by atoms with E-state index in [1.54, 1.807) is 36.1 Å². The lowest BCUT2D eigenvalue weighted by molar-refractivity contribution is -0.141. The molecule has 8 nitrogen and oxygen atoms in total. The third-order valence-electron chi connectivity index (χ3n) is 5.53. The van der Waals surface area contributed by atoms with E-state index in [4.69, 9.17) is 15.2 Å². The van der Waals surface area contributed by atoms with Gasteiger partial charge in [0.1, 0.15) is 12.4 Å². The number of carbonyl (C=O) groups is 3. The molecule has 2 N–H and O–H groups in total. The maximum Gasteiger partial charge on any atom is 0.338 e. The summed E-state index contributed by atoms with van der Waals surface area (Å²) in [6, 6.07) is 15.6. The summed E-state index contributed by atoms with van der Waals surface area (Å²) in [5, 5.41) is 0.319. The van der Waals surface area contributed by atoms with Crippen LogP contribution in [0.4, 0.5) is 0 Å². The Hall–Kier alpha value is -3.59. The molecule has 2 aromatic carbocycles. The predicted octanol–water partition coefficient (Wildman–Crippen LogP) is 3.33. The number of aliphatic imine (C=N–C) groups is 1. The third-order valence-corrected chi connectivity index (χ3v) is 6.85. The van der Waals surface area contributed by atoms with E-state index in [-0.39, 0.29) is 24.4 Å². The number of esters is 1. The van der Waals surface area contributed by atoms with Crippen LogP contribution in [0.1, 0.15) is 37.4 Å². The van der Waals surface area contributed by atoms with Crippen LogP contribution in [0.3, 0.4) is 0 Å². The minimum absolute atomic E-state index is 0.0915. The molecule has 4 rings (SSSR count). The maximum atomic E-state index is 13.3. The summed E-state index contributed by atoms with van der Waals surface area (Å²) in [4.78, 5) is 43.7. The first-order valence-corrected chi connectivity index (χ1v) is 11.8. The van der Waals surface area contributed by atoms with E-state index < -0.39 is 17.9 Å². The quantitative estimate of drug-likeness (QED) is 0.582. The van der Waals surface area contributed by atoms with Gasteiger partial charge < -0.3 is 15.2 Å². The smallest absolute Gasteiger partial charge is 0.338 e. The van der Waals surface area contributed by atoms with Crippen molar-refractivity contribution < 1.29 is 23.9 Å².